The monoisotopic (exact) mass is 405 g/mol. The summed E-state index contributed by atoms with van der Waals surface area (Å²) in [6.45, 7) is -0.255. The number of hydrogen-bond donors (Lipinski definition) is 3. The topological polar surface area (TPSA) is 87.2 Å². The van der Waals surface area contributed by atoms with E-state index < -0.39 is 12.0 Å². The number of hydrogen-bond acceptors (Lipinski definition) is 4. The number of methoxy groups -OCH3 is 1. The molecule has 4 rings (SSSR count). The van der Waals surface area contributed by atoms with E-state index in [1.807, 2.05) is 18.2 Å². The van der Waals surface area contributed by atoms with E-state index in [0.717, 1.165) is 16.7 Å². The number of aromatic amines is 1. The summed E-state index contributed by atoms with van der Waals surface area (Å²) in [5, 5.41) is 19.2. The molecule has 0 spiro atoms. The van der Waals surface area contributed by atoms with Gasteiger partial charge < -0.3 is 15.2 Å². The Morgan fingerprint density at radius 1 is 1.13 bits per heavy atom. The highest BCUT2D eigenvalue weighted by molar-refractivity contribution is 5.96. The highest BCUT2D eigenvalue weighted by atomic mass is 19.1. The van der Waals surface area contributed by atoms with Crippen LogP contribution >= 0.6 is 0 Å². The van der Waals surface area contributed by atoms with Gasteiger partial charge in [0, 0.05) is 5.56 Å². The molecule has 152 valence electrons. The second kappa shape index (κ2) is 8.34. The molecular formula is C23H20FN3O3. The number of aliphatic hydroxyl groups is 1. The Kier molecular flexibility index (Phi) is 5.45. The number of rotatable bonds is 6. The third-order valence-electron chi connectivity index (χ3n) is 4.96. The smallest absolute Gasteiger partial charge is 0.251 e. The number of aliphatic hydroxyl groups excluding tert-OH is 1. The lowest BCUT2D eigenvalue weighted by atomic mass is 10.0. The maximum atomic E-state index is 13.8. The number of aromatic nitrogens is 2. The van der Waals surface area contributed by atoms with E-state index in [-0.39, 0.29) is 12.5 Å². The quantitative estimate of drug-likeness (QED) is 0.455. The Hall–Kier alpha value is -3.71. The summed E-state index contributed by atoms with van der Waals surface area (Å²) in [7, 11) is 1.56. The molecule has 0 fully saturated rings. The van der Waals surface area contributed by atoms with Crippen molar-refractivity contribution >= 4 is 16.8 Å². The van der Waals surface area contributed by atoms with E-state index in [2.05, 4.69) is 15.5 Å². The SMILES string of the molecule is COc1cccc([C@H](CO)NC(=O)c2cccc(-c3ccc4[nH]nc(F)c4c3)c2)c1. The second-order valence-corrected chi connectivity index (χ2v) is 6.84. The minimum absolute atomic E-state index is 0.255. The molecule has 1 amide bonds. The average molecular weight is 405 g/mol. The molecule has 0 saturated carbocycles. The molecule has 3 aromatic carbocycles. The number of benzene rings is 3. The lowest BCUT2D eigenvalue weighted by molar-refractivity contribution is 0.0916. The summed E-state index contributed by atoms with van der Waals surface area (Å²) in [5.41, 5.74) is 3.31. The minimum Gasteiger partial charge on any atom is -0.497 e. The van der Waals surface area contributed by atoms with Crippen LogP contribution < -0.4 is 10.1 Å². The van der Waals surface area contributed by atoms with Gasteiger partial charge in [-0.15, -0.1) is 5.10 Å². The fourth-order valence-electron chi connectivity index (χ4n) is 3.34. The Bertz CT molecular complexity index is 1210. The Morgan fingerprint density at radius 2 is 1.93 bits per heavy atom. The molecule has 4 aromatic rings. The van der Waals surface area contributed by atoms with Gasteiger partial charge in [0.2, 0.25) is 5.95 Å². The number of nitrogens with zero attached hydrogens (tertiary/aromatic N) is 1. The molecule has 1 atom stereocenters. The first-order chi connectivity index (χ1) is 14.6. The van der Waals surface area contributed by atoms with Gasteiger partial charge in [-0.25, -0.2) is 0 Å². The molecule has 0 radical (unpaired) electrons. The predicted octanol–water partition coefficient (Wildman–Crippen LogP) is 3.84. The van der Waals surface area contributed by atoms with Crippen LogP contribution in [0.4, 0.5) is 4.39 Å². The zero-order chi connectivity index (χ0) is 21.1. The number of ether oxygens (including phenoxy) is 1. The van der Waals surface area contributed by atoms with Crippen LogP contribution in [0.15, 0.2) is 66.7 Å². The maximum absolute atomic E-state index is 13.8. The highest BCUT2D eigenvalue weighted by Gasteiger charge is 2.16. The molecule has 1 aromatic heterocycles. The molecule has 0 aliphatic carbocycles. The van der Waals surface area contributed by atoms with Crippen molar-refractivity contribution in [1.82, 2.24) is 15.5 Å². The normalized spacial score (nSPS) is 12.0. The van der Waals surface area contributed by atoms with Crippen molar-refractivity contribution in [3.63, 3.8) is 0 Å². The number of carbonyl (C=O) groups is 1. The lowest BCUT2D eigenvalue weighted by Gasteiger charge is -2.18. The van der Waals surface area contributed by atoms with E-state index in [0.29, 0.717) is 22.2 Å². The van der Waals surface area contributed by atoms with E-state index in [9.17, 15) is 14.3 Å². The summed E-state index contributed by atoms with van der Waals surface area (Å²) >= 11 is 0. The molecule has 30 heavy (non-hydrogen) atoms. The van der Waals surface area contributed by atoms with Gasteiger partial charge in [-0.2, -0.15) is 4.39 Å². The summed E-state index contributed by atoms with van der Waals surface area (Å²) < 4.78 is 19.0. The van der Waals surface area contributed by atoms with Crippen LogP contribution in [0.1, 0.15) is 22.0 Å². The summed E-state index contributed by atoms with van der Waals surface area (Å²) in [4.78, 5) is 12.8. The van der Waals surface area contributed by atoms with Crippen molar-refractivity contribution in [2.75, 3.05) is 13.7 Å². The molecule has 7 heteroatoms. The van der Waals surface area contributed by atoms with Gasteiger partial charge in [-0.05, 0) is 53.1 Å². The van der Waals surface area contributed by atoms with Crippen molar-refractivity contribution in [3.8, 4) is 16.9 Å². The molecule has 1 heterocycles. The van der Waals surface area contributed by atoms with Crippen molar-refractivity contribution in [2.24, 2.45) is 0 Å². The second-order valence-electron chi connectivity index (χ2n) is 6.84. The molecular weight excluding hydrogens is 385 g/mol. The zero-order valence-corrected chi connectivity index (χ0v) is 16.2. The number of carbonyl (C=O) groups excluding carboxylic acids is 1. The number of H-pyrrole nitrogens is 1. The first-order valence-corrected chi connectivity index (χ1v) is 9.39. The van der Waals surface area contributed by atoms with Crippen LogP contribution in [0.5, 0.6) is 5.75 Å². The standard InChI is InChI=1S/C23H20FN3O3/c1-30-18-7-3-5-16(11-18)21(13-28)25-23(29)17-6-2-4-14(10-17)15-8-9-20-19(12-15)22(24)27-26-20/h2-12,21,28H,13H2,1H3,(H,25,29)(H,26,27)/t21-/m0/s1. The van der Waals surface area contributed by atoms with E-state index in [1.54, 1.807) is 55.6 Å². The maximum Gasteiger partial charge on any atom is 0.251 e. The van der Waals surface area contributed by atoms with Gasteiger partial charge in [-0.1, -0.05) is 30.3 Å². The average Bonchev–Trinajstić information content (AvgIpc) is 3.17. The molecule has 0 bridgehead atoms. The number of halogens is 1. The van der Waals surface area contributed by atoms with Crippen molar-refractivity contribution < 1.29 is 19.0 Å². The Labute approximate surface area is 172 Å². The minimum atomic E-state index is -0.576. The lowest BCUT2D eigenvalue weighted by Crippen LogP contribution is -2.30. The van der Waals surface area contributed by atoms with Gasteiger partial charge in [0.1, 0.15) is 5.75 Å². The van der Waals surface area contributed by atoms with Gasteiger partial charge >= 0.3 is 0 Å². The molecule has 3 N–H and O–H groups in total. The zero-order valence-electron chi connectivity index (χ0n) is 16.2. The molecule has 0 unspecified atom stereocenters. The van der Waals surface area contributed by atoms with Crippen molar-refractivity contribution in [1.29, 1.82) is 0 Å². The first-order valence-electron chi connectivity index (χ1n) is 9.39. The summed E-state index contributed by atoms with van der Waals surface area (Å²) in [6, 6.07) is 18.9. The van der Waals surface area contributed by atoms with Gasteiger partial charge in [0.25, 0.3) is 5.91 Å². The van der Waals surface area contributed by atoms with Gasteiger partial charge in [-0.3, -0.25) is 9.89 Å². The molecule has 0 aliphatic rings. The summed E-state index contributed by atoms with van der Waals surface area (Å²) in [6.07, 6.45) is 0. The highest BCUT2D eigenvalue weighted by Crippen LogP contribution is 2.26. The van der Waals surface area contributed by atoms with E-state index >= 15 is 0 Å². The van der Waals surface area contributed by atoms with E-state index in [4.69, 9.17) is 4.74 Å². The summed E-state index contributed by atoms with van der Waals surface area (Å²) in [5.74, 6) is -0.247. The first kappa shape index (κ1) is 19.6. The number of fused-ring (bicyclic) bond motifs is 1. The number of amides is 1. The van der Waals surface area contributed by atoms with Gasteiger partial charge in [0.15, 0.2) is 0 Å². The third kappa shape index (κ3) is 3.88. The van der Waals surface area contributed by atoms with E-state index in [1.165, 1.54) is 0 Å². The van der Waals surface area contributed by atoms with Crippen LogP contribution in [0.3, 0.4) is 0 Å². The third-order valence-corrected chi connectivity index (χ3v) is 4.96. The molecule has 0 saturated heterocycles. The van der Waals surface area contributed by atoms with Crippen LogP contribution in [-0.4, -0.2) is 34.9 Å². The Balaban J connectivity index is 1.59. The van der Waals surface area contributed by atoms with Gasteiger partial charge in [0.05, 0.1) is 30.7 Å². The molecule has 6 nitrogen and oxygen atoms in total. The number of nitrogens with one attached hydrogen (secondary N) is 2. The van der Waals surface area contributed by atoms with Crippen molar-refractivity contribution in [2.45, 2.75) is 6.04 Å². The predicted molar refractivity (Wildman–Crippen MR) is 112 cm³/mol. The van der Waals surface area contributed by atoms with Crippen LogP contribution in [0, 0.1) is 5.95 Å². The fourth-order valence-corrected chi connectivity index (χ4v) is 3.34. The van der Waals surface area contributed by atoms with Crippen LogP contribution in [0.2, 0.25) is 0 Å². The van der Waals surface area contributed by atoms with Crippen molar-refractivity contribution in [3.05, 3.63) is 83.8 Å². The Morgan fingerprint density at radius 3 is 2.73 bits per heavy atom. The van der Waals surface area contributed by atoms with Crippen LogP contribution in [-0.2, 0) is 0 Å². The fraction of sp³-hybridized carbons (Fsp3) is 0.130. The molecule has 0 aliphatic heterocycles. The van der Waals surface area contributed by atoms with Crippen LogP contribution in [0.25, 0.3) is 22.0 Å². The largest absolute Gasteiger partial charge is 0.497 e.